The molecule has 2 fully saturated rings. The van der Waals surface area contributed by atoms with E-state index in [2.05, 4.69) is 4.90 Å². The maximum absolute atomic E-state index is 14.6. The number of anilines is 1. The van der Waals surface area contributed by atoms with Crippen LogP contribution >= 0.6 is 0 Å². The van der Waals surface area contributed by atoms with Gasteiger partial charge in [0.15, 0.2) is 0 Å². The molecular formula is C32H46FN3O6. The summed E-state index contributed by atoms with van der Waals surface area (Å²) in [5.41, 5.74) is 2.02. The third-order valence-corrected chi connectivity index (χ3v) is 8.53. The number of likely N-dealkylation sites (N-methyl/N-ethyl adjacent to an activating group) is 1. The van der Waals surface area contributed by atoms with Crippen LogP contribution < -0.4 is 4.90 Å². The van der Waals surface area contributed by atoms with Crippen LogP contribution in [0.5, 0.6) is 0 Å². The van der Waals surface area contributed by atoms with Gasteiger partial charge in [-0.15, -0.1) is 0 Å². The van der Waals surface area contributed by atoms with E-state index < -0.39 is 36.2 Å². The van der Waals surface area contributed by atoms with E-state index in [4.69, 9.17) is 9.47 Å². The van der Waals surface area contributed by atoms with Crippen molar-refractivity contribution in [1.82, 2.24) is 9.80 Å². The molecule has 10 heteroatoms. The molecule has 0 aromatic heterocycles. The SMILES string of the molecule is C/C(=C\c1cc(F)cc(N2CC[C@@H](O)C2)c1)[C@H]1OC(=O)C[C@H](O)CC[C@H](C)[C@@H](OC(=O)N2CCN(C)CC2)/C=C/[C@@H]1C. The topological polar surface area (TPSA) is 103 Å². The largest absolute Gasteiger partial charge is 0.457 e. The Morgan fingerprint density at radius 3 is 2.45 bits per heavy atom. The van der Waals surface area contributed by atoms with E-state index in [1.54, 1.807) is 11.0 Å². The monoisotopic (exact) mass is 587 g/mol. The standard InChI is InChI=1S/C32H46FN3O6/c1-21-5-7-27(37)19-30(39)42-31(22(2)6-8-29(21)41-32(40)35-13-11-34(4)12-14-35)23(3)15-24-16-25(33)18-26(17-24)36-10-9-28(38)20-36/h6,8,15-18,21-22,27-29,31,37-38H,5,7,9-14,19-20H2,1-4H3/b8-6+,23-15+/t21-,22-,27+,28+,29-,31-/m0/s1. The number of hydrogen-bond donors (Lipinski definition) is 2. The van der Waals surface area contributed by atoms with Crippen LogP contribution in [0.1, 0.15) is 52.0 Å². The molecule has 0 spiro atoms. The maximum atomic E-state index is 14.6. The lowest BCUT2D eigenvalue weighted by molar-refractivity contribution is -0.151. The molecule has 0 bridgehead atoms. The number of aliphatic hydroxyl groups excluding tert-OH is 2. The Labute approximate surface area is 248 Å². The van der Waals surface area contributed by atoms with Crippen molar-refractivity contribution in [1.29, 1.82) is 0 Å². The van der Waals surface area contributed by atoms with Crippen LogP contribution in [0.3, 0.4) is 0 Å². The van der Waals surface area contributed by atoms with Gasteiger partial charge in [-0.3, -0.25) is 4.79 Å². The van der Waals surface area contributed by atoms with Crippen molar-refractivity contribution in [2.24, 2.45) is 11.8 Å². The quantitative estimate of drug-likeness (QED) is 0.405. The molecule has 0 saturated carbocycles. The molecule has 0 unspecified atom stereocenters. The van der Waals surface area contributed by atoms with Gasteiger partial charge in [-0.25, -0.2) is 9.18 Å². The van der Waals surface area contributed by atoms with E-state index in [1.807, 2.05) is 50.9 Å². The van der Waals surface area contributed by atoms with Gasteiger partial charge in [-0.1, -0.05) is 26.0 Å². The van der Waals surface area contributed by atoms with Crippen molar-refractivity contribution in [3.63, 3.8) is 0 Å². The fourth-order valence-electron chi connectivity index (χ4n) is 5.81. The molecule has 9 nitrogen and oxygen atoms in total. The third-order valence-electron chi connectivity index (χ3n) is 8.53. The summed E-state index contributed by atoms with van der Waals surface area (Å²) in [6.45, 7) is 9.64. The van der Waals surface area contributed by atoms with Gasteiger partial charge in [-0.05, 0) is 74.6 Å². The Kier molecular flexibility index (Phi) is 11.0. The minimum Gasteiger partial charge on any atom is -0.457 e. The molecule has 2 N–H and O–H groups in total. The minimum atomic E-state index is -0.876. The molecule has 3 aliphatic heterocycles. The number of piperazine rings is 1. The molecule has 2 saturated heterocycles. The zero-order valence-electron chi connectivity index (χ0n) is 25.2. The van der Waals surface area contributed by atoms with Crippen LogP contribution in [0.2, 0.25) is 0 Å². The van der Waals surface area contributed by atoms with E-state index in [1.165, 1.54) is 12.1 Å². The lowest BCUT2D eigenvalue weighted by Gasteiger charge is -2.33. The summed E-state index contributed by atoms with van der Waals surface area (Å²) in [6.07, 6.45) is 4.19. The number of β-amino-alcohol motifs (C(OH)–C–C–N with tert-alkyl or cyclic N) is 1. The molecule has 1 aromatic carbocycles. The predicted molar refractivity (Wildman–Crippen MR) is 159 cm³/mol. The Balaban J connectivity index is 1.56. The number of carbonyl (C=O) groups is 2. The van der Waals surface area contributed by atoms with Crippen molar-refractivity contribution in [3.8, 4) is 0 Å². The number of aliphatic hydroxyl groups is 2. The molecule has 4 rings (SSSR count). The van der Waals surface area contributed by atoms with Gasteiger partial charge in [-0.2, -0.15) is 0 Å². The Bertz CT molecular complexity index is 1150. The molecule has 232 valence electrons. The molecule has 0 radical (unpaired) electrons. The van der Waals surface area contributed by atoms with Gasteiger partial charge < -0.3 is 34.4 Å². The number of cyclic esters (lactones) is 1. The molecule has 1 aromatic rings. The van der Waals surface area contributed by atoms with Crippen LogP contribution in [0.4, 0.5) is 14.9 Å². The van der Waals surface area contributed by atoms with E-state index in [9.17, 15) is 24.2 Å². The summed E-state index contributed by atoms with van der Waals surface area (Å²) < 4.78 is 26.5. The van der Waals surface area contributed by atoms with Crippen molar-refractivity contribution >= 4 is 23.8 Å². The van der Waals surface area contributed by atoms with E-state index in [0.29, 0.717) is 62.3 Å². The summed E-state index contributed by atoms with van der Waals surface area (Å²) >= 11 is 0. The van der Waals surface area contributed by atoms with E-state index in [-0.39, 0.29) is 24.3 Å². The van der Waals surface area contributed by atoms with Crippen LogP contribution in [-0.2, 0) is 14.3 Å². The van der Waals surface area contributed by atoms with Crippen molar-refractivity contribution in [2.45, 2.75) is 70.9 Å². The van der Waals surface area contributed by atoms with Gasteiger partial charge in [0, 0.05) is 50.9 Å². The molecule has 6 atom stereocenters. The van der Waals surface area contributed by atoms with Crippen molar-refractivity contribution in [3.05, 3.63) is 47.3 Å². The number of ether oxygens (including phenoxy) is 2. The van der Waals surface area contributed by atoms with Gasteiger partial charge in [0.05, 0.1) is 18.6 Å². The van der Waals surface area contributed by atoms with Gasteiger partial charge in [0.2, 0.25) is 0 Å². The predicted octanol–water partition coefficient (Wildman–Crippen LogP) is 3.84. The summed E-state index contributed by atoms with van der Waals surface area (Å²) in [6, 6.07) is 4.75. The number of halogens is 1. The van der Waals surface area contributed by atoms with Gasteiger partial charge >= 0.3 is 12.1 Å². The second kappa shape index (κ2) is 14.5. The number of carbonyl (C=O) groups excluding carboxylic acids is 2. The third kappa shape index (κ3) is 8.78. The lowest BCUT2D eigenvalue weighted by atomic mass is 9.91. The van der Waals surface area contributed by atoms with Crippen LogP contribution in [-0.4, -0.2) is 103 Å². The first-order valence-electron chi connectivity index (χ1n) is 15.1. The molecule has 1 amide bonds. The number of hydrogen-bond acceptors (Lipinski definition) is 8. The molecule has 3 heterocycles. The Morgan fingerprint density at radius 1 is 1.02 bits per heavy atom. The molecule has 0 aliphatic carbocycles. The van der Waals surface area contributed by atoms with Crippen LogP contribution in [0.25, 0.3) is 6.08 Å². The van der Waals surface area contributed by atoms with Gasteiger partial charge in [0.25, 0.3) is 0 Å². The first-order chi connectivity index (χ1) is 20.0. The Hall–Kier alpha value is -2.95. The highest BCUT2D eigenvalue weighted by Gasteiger charge is 2.29. The number of amides is 1. The van der Waals surface area contributed by atoms with E-state index >= 15 is 0 Å². The van der Waals surface area contributed by atoms with Crippen LogP contribution in [0.15, 0.2) is 35.9 Å². The summed E-state index contributed by atoms with van der Waals surface area (Å²) in [5.74, 6) is -1.25. The highest BCUT2D eigenvalue weighted by molar-refractivity contribution is 5.71. The van der Waals surface area contributed by atoms with Crippen molar-refractivity contribution in [2.75, 3.05) is 51.2 Å². The number of rotatable bonds is 4. The average molecular weight is 588 g/mol. The fourth-order valence-corrected chi connectivity index (χ4v) is 5.81. The first-order valence-corrected chi connectivity index (χ1v) is 15.1. The first kappa shape index (κ1) is 32.0. The number of nitrogens with zero attached hydrogens (tertiary/aromatic N) is 3. The lowest BCUT2D eigenvalue weighted by Crippen LogP contribution is -2.48. The van der Waals surface area contributed by atoms with E-state index in [0.717, 1.165) is 13.1 Å². The average Bonchev–Trinajstić information content (AvgIpc) is 3.38. The smallest absolute Gasteiger partial charge is 0.410 e. The molecular weight excluding hydrogens is 541 g/mol. The Morgan fingerprint density at radius 2 is 1.76 bits per heavy atom. The number of benzene rings is 1. The zero-order chi connectivity index (χ0) is 30.4. The highest BCUT2D eigenvalue weighted by atomic mass is 19.1. The second-order valence-corrected chi connectivity index (χ2v) is 12.2. The van der Waals surface area contributed by atoms with Crippen LogP contribution in [0, 0.1) is 17.7 Å². The van der Waals surface area contributed by atoms with Gasteiger partial charge in [0.1, 0.15) is 18.0 Å². The highest BCUT2D eigenvalue weighted by Crippen LogP contribution is 2.28. The summed E-state index contributed by atoms with van der Waals surface area (Å²) in [7, 11) is 2.03. The molecule has 3 aliphatic rings. The normalized spacial score (nSPS) is 31.2. The summed E-state index contributed by atoms with van der Waals surface area (Å²) in [5, 5.41) is 20.5. The second-order valence-electron chi connectivity index (χ2n) is 12.2. The number of esters is 1. The maximum Gasteiger partial charge on any atom is 0.410 e. The fraction of sp³-hybridized carbons (Fsp3) is 0.625. The minimum absolute atomic E-state index is 0.0696. The molecule has 42 heavy (non-hydrogen) atoms. The summed E-state index contributed by atoms with van der Waals surface area (Å²) in [4.78, 5) is 31.7. The van der Waals surface area contributed by atoms with Crippen molar-refractivity contribution < 1.29 is 33.7 Å². The zero-order valence-corrected chi connectivity index (χ0v) is 25.2.